The minimum Gasteiger partial charge on any atom is -0.384 e. The number of benzene rings is 1. The highest BCUT2D eigenvalue weighted by Crippen LogP contribution is 2.14. The molecule has 100 valence electrons. The number of carbonyl (C=O) groups excluding carboxylic acids is 1. The Kier molecular flexibility index (Phi) is 4.48. The minimum atomic E-state index is -0.285. The molecule has 0 fully saturated rings. The monoisotopic (exact) mass is 266 g/mol. The van der Waals surface area contributed by atoms with Crippen molar-refractivity contribution < 1.29 is 9.90 Å². The van der Waals surface area contributed by atoms with Gasteiger partial charge in [-0.3, -0.25) is 4.79 Å². The molecule has 2 rings (SSSR count). The molecule has 20 heavy (non-hydrogen) atoms. The topological polar surface area (TPSA) is 62.2 Å². The quantitative estimate of drug-likeness (QED) is 0.817. The molecule has 4 nitrogen and oxygen atoms in total. The van der Waals surface area contributed by atoms with Crippen LogP contribution < -0.4 is 5.32 Å². The van der Waals surface area contributed by atoms with Gasteiger partial charge < -0.3 is 10.4 Å². The van der Waals surface area contributed by atoms with Crippen molar-refractivity contribution in [3.05, 3.63) is 59.4 Å². The van der Waals surface area contributed by atoms with Gasteiger partial charge in [-0.1, -0.05) is 30.0 Å². The van der Waals surface area contributed by atoms with E-state index in [1.807, 2.05) is 25.1 Å². The summed E-state index contributed by atoms with van der Waals surface area (Å²) in [5, 5.41) is 11.5. The molecule has 1 heterocycles. The second-order valence-corrected chi connectivity index (χ2v) is 4.12. The van der Waals surface area contributed by atoms with Crippen LogP contribution >= 0.6 is 0 Å². The van der Waals surface area contributed by atoms with Crippen LogP contribution in [0.25, 0.3) is 0 Å². The predicted molar refractivity (Wildman–Crippen MR) is 77.3 cm³/mol. The second-order valence-electron chi connectivity index (χ2n) is 4.12. The lowest BCUT2D eigenvalue weighted by atomic mass is 10.1. The SMILES string of the molecule is Cc1cccc(C(=O)Nc2ccccc2C#CCO)n1. The van der Waals surface area contributed by atoms with E-state index in [0.29, 0.717) is 16.9 Å². The van der Waals surface area contributed by atoms with E-state index in [0.717, 1.165) is 5.69 Å². The van der Waals surface area contributed by atoms with Crippen LogP contribution in [-0.2, 0) is 0 Å². The van der Waals surface area contributed by atoms with Crippen LogP contribution in [0.4, 0.5) is 5.69 Å². The Labute approximate surface area is 117 Å². The van der Waals surface area contributed by atoms with Gasteiger partial charge in [0.15, 0.2) is 0 Å². The third kappa shape index (κ3) is 3.44. The van der Waals surface area contributed by atoms with Crippen molar-refractivity contribution in [2.75, 3.05) is 11.9 Å². The van der Waals surface area contributed by atoms with Crippen LogP contribution in [0, 0.1) is 18.8 Å². The van der Waals surface area contributed by atoms with E-state index < -0.39 is 0 Å². The van der Waals surface area contributed by atoms with Gasteiger partial charge in [0.2, 0.25) is 0 Å². The molecular weight excluding hydrogens is 252 g/mol. The van der Waals surface area contributed by atoms with E-state index in [1.165, 1.54) is 0 Å². The number of carbonyl (C=O) groups is 1. The van der Waals surface area contributed by atoms with Crippen molar-refractivity contribution in [2.24, 2.45) is 0 Å². The minimum absolute atomic E-state index is 0.221. The molecule has 0 aliphatic heterocycles. The number of hydrogen-bond acceptors (Lipinski definition) is 3. The average molecular weight is 266 g/mol. The van der Waals surface area contributed by atoms with E-state index in [1.54, 1.807) is 24.3 Å². The van der Waals surface area contributed by atoms with Gasteiger partial charge in [0.1, 0.15) is 12.3 Å². The molecule has 0 aliphatic carbocycles. The van der Waals surface area contributed by atoms with Gasteiger partial charge in [0, 0.05) is 11.3 Å². The number of aliphatic hydroxyl groups is 1. The number of hydrogen-bond donors (Lipinski definition) is 2. The molecule has 1 aromatic heterocycles. The zero-order valence-electron chi connectivity index (χ0n) is 11.1. The number of anilines is 1. The van der Waals surface area contributed by atoms with Crippen LogP contribution in [0.1, 0.15) is 21.7 Å². The molecule has 4 heteroatoms. The zero-order valence-corrected chi connectivity index (χ0v) is 11.1. The Morgan fingerprint density at radius 1 is 1.25 bits per heavy atom. The van der Waals surface area contributed by atoms with Crippen molar-refractivity contribution in [1.29, 1.82) is 0 Å². The zero-order chi connectivity index (χ0) is 14.4. The van der Waals surface area contributed by atoms with Gasteiger partial charge in [0.25, 0.3) is 5.91 Å². The Bertz CT molecular complexity index is 684. The molecule has 0 saturated carbocycles. The Morgan fingerprint density at radius 3 is 2.80 bits per heavy atom. The highest BCUT2D eigenvalue weighted by atomic mass is 16.2. The number of nitrogens with zero attached hydrogens (tertiary/aromatic N) is 1. The predicted octanol–water partition coefficient (Wildman–Crippen LogP) is 1.99. The summed E-state index contributed by atoms with van der Waals surface area (Å²) in [6.45, 7) is 1.61. The fourth-order valence-electron chi connectivity index (χ4n) is 1.69. The molecule has 0 bridgehead atoms. The van der Waals surface area contributed by atoms with Crippen molar-refractivity contribution in [2.45, 2.75) is 6.92 Å². The average Bonchev–Trinajstić information content (AvgIpc) is 2.46. The van der Waals surface area contributed by atoms with E-state index in [9.17, 15) is 4.79 Å². The van der Waals surface area contributed by atoms with Crippen molar-refractivity contribution >= 4 is 11.6 Å². The second kappa shape index (κ2) is 6.50. The standard InChI is InChI=1S/C16H14N2O2/c1-12-6-4-10-15(17-12)16(20)18-14-9-3-2-7-13(14)8-5-11-19/h2-4,6-7,9-10,19H,11H2,1H3,(H,18,20). The molecule has 0 spiro atoms. The maximum atomic E-state index is 12.1. The van der Waals surface area contributed by atoms with E-state index in [2.05, 4.69) is 22.1 Å². The first-order valence-electron chi connectivity index (χ1n) is 6.14. The third-order valence-corrected chi connectivity index (χ3v) is 2.60. The van der Waals surface area contributed by atoms with E-state index >= 15 is 0 Å². The lowest BCUT2D eigenvalue weighted by molar-refractivity contribution is 0.102. The first kappa shape index (κ1) is 13.8. The number of aliphatic hydroxyl groups excluding tert-OH is 1. The molecule has 0 aliphatic rings. The number of amides is 1. The Morgan fingerprint density at radius 2 is 2.05 bits per heavy atom. The van der Waals surface area contributed by atoms with Crippen molar-refractivity contribution in [1.82, 2.24) is 4.98 Å². The number of nitrogens with one attached hydrogen (secondary N) is 1. The van der Waals surface area contributed by atoms with Crippen molar-refractivity contribution in [3.8, 4) is 11.8 Å². The van der Waals surface area contributed by atoms with Gasteiger partial charge in [-0.05, 0) is 31.2 Å². The largest absolute Gasteiger partial charge is 0.384 e. The first-order chi connectivity index (χ1) is 9.70. The van der Waals surface area contributed by atoms with Gasteiger partial charge in [-0.2, -0.15) is 0 Å². The maximum Gasteiger partial charge on any atom is 0.274 e. The summed E-state index contributed by atoms with van der Waals surface area (Å²) in [6, 6.07) is 12.4. The van der Waals surface area contributed by atoms with Crippen LogP contribution in [0.15, 0.2) is 42.5 Å². The molecule has 0 radical (unpaired) electrons. The van der Waals surface area contributed by atoms with Crippen LogP contribution in [-0.4, -0.2) is 22.6 Å². The van der Waals surface area contributed by atoms with Crippen LogP contribution in [0.5, 0.6) is 0 Å². The summed E-state index contributed by atoms with van der Waals surface area (Å²) in [7, 11) is 0. The van der Waals surface area contributed by atoms with Gasteiger partial charge >= 0.3 is 0 Å². The molecule has 2 N–H and O–H groups in total. The Balaban J connectivity index is 2.24. The van der Waals surface area contributed by atoms with Crippen LogP contribution in [0.2, 0.25) is 0 Å². The summed E-state index contributed by atoms with van der Waals surface area (Å²) in [5.41, 5.74) is 2.39. The molecule has 0 saturated heterocycles. The van der Waals surface area contributed by atoms with Gasteiger partial charge in [-0.15, -0.1) is 0 Å². The van der Waals surface area contributed by atoms with Crippen LogP contribution in [0.3, 0.4) is 0 Å². The molecule has 1 amide bonds. The molecule has 0 atom stereocenters. The lowest BCUT2D eigenvalue weighted by Crippen LogP contribution is -2.14. The fourth-order valence-corrected chi connectivity index (χ4v) is 1.69. The maximum absolute atomic E-state index is 12.1. The summed E-state index contributed by atoms with van der Waals surface area (Å²) in [5.74, 6) is 5.08. The smallest absolute Gasteiger partial charge is 0.274 e. The summed E-state index contributed by atoms with van der Waals surface area (Å²) < 4.78 is 0. The molecular formula is C16H14N2O2. The van der Waals surface area contributed by atoms with Crippen molar-refractivity contribution in [3.63, 3.8) is 0 Å². The Hall–Kier alpha value is -2.64. The molecule has 1 aromatic carbocycles. The lowest BCUT2D eigenvalue weighted by Gasteiger charge is -2.07. The summed E-state index contributed by atoms with van der Waals surface area (Å²) in [4.78, 5) is 16.3. The highest BCUT2D eigenvalue weighted by Gasteiger charge is 2.09. The third-order valence-electron chi connectivity index (χ3n) is 2.60. The number of aryl methyl sites for hydroxylation is 1. The molecule has 2 aromatic rings. The number of rotatable bonds is 2. The fraction of sp³-hybridized carbons (Fsp3) is 0.125. The van der Waals surface area contributed by atoms with E-state index in [-0.39, 0.29) is 12.5 Å². The first-order valence-corrected chi connectivity index (χ1v) is 6.14. The normalized spacial score (nSPS) is 9.50. The van der Waals surface area contributed by atoms with E-state index in [4.69, 9.17) is 5.11 Å². The molecule has 0 unspecified atom stereocenters. The number of pyridine rings is 1. The van der Waals surface area contributed by atoms with Gasteiger partial charge in [-0.25, -0.2) is 4.98 Å². The summed E-state index contributed by atoms with van der Waals surface area (Å²) >= 11 is 0. The highest BCUT2D eigenvalue weighted by molar-refractivity contribution is 6.03. The number of para-hydroxylation sites is 1. The summed E-state index contributed by atoms with van der Waals surface area (Å²) in [6.07, 6.45) is 0. The van der Waals surface area contributed by atoms with Gasteiger partial charge in [0.05, 0.1) is 5.69 Å². The number of aromatic nitrogens is 1.